The number of benzene rings is 1. The summed E-state index contributed by atoms with van der Waals surface area (Å²) in [6.07, 6.45) is 1.26. The minimum Gasteiger partial charge on any atom is -0.308 e. The van der Waals surface area contributed by atoms with E-state index in [-0.39, 0.29) is 22.8 Å². The van der Waals surface area contributed by atoms with Gasteiger partial charge in [-0.1, -0.05) is 0 Å². The number of halogens is 2. The summed E-state index contributed by atoms with van der Waals surface area (Å²) >= 11 is 0. The number of nitrogens with zero attached hydrogens (tertiary/aromatic N) is 1. The van der Waals surface area contributed by atoms with Crippen LogP contribution in [-0.2, 0) is 16.6 Å². The Bertz CT molecular complexity index is 753. The quantitative estimate of drug-likeness (QED) is 0.568. The maximum Gasteiger partial charge on any atom is 0.241 e. The third kappa shape index (κ3) is 3.72. The molecule has 2 rings (SSSR count). The Morgan fingerprint density at radius 1 is 1.19 bits per heavy atom. The van der Waals surface area contributed by atoms with Gasteiger partial charge in [0, 0.05) is 24.4 Å². The van der Waals surface area contributed by atoms with Crippen molar-refractivity contribution in [1.82, 2.24) is 9.71 Å². The monoisotopic (exact) mass is 314 g/mol. The van der Waals surface area contributed by atoms with Gasteiger partial charge in [-0.25, -0.2) is 32.7 Å². The zero-order chi connectivity index (χ0) is 15.5. The average Bonchev–Trinajstić information content (AvgIpc) is 2.48. The van der Waals surface area contributed by atoms with Crippen LogP contribution in [-0.4, -0.2) is 13.4 Å². The number of nitrogen functional groups attached to an aromatic ring is 1. The summed E-state index contributed by atoms with van der Waals surface area (Å²) in [7, 11) is -3.90. The maximum absolute atomic E-state index is 13.4. The molecule has 1 aromatic heterocycles. The summed E-state index contributed by atoms with van der Waals surface area (Å²) in [5.74, 6) is 3.96. The second-order valence-electron chi connectivity index (χ2n) is 4.08. The number of nitrogens with one attached hydrogen (secondary N) is 2. The highest BCUT2D eigenvalue weighted by molar-refractivity contribution is 7.89. The number of hydrazine groups is 1. The first-order chi connectivity index (χ1) is 9.92. The van der Waals surface area contributed by atoms with E-state index >= 15 is 0 Å². The van der Waals surface area contributed by atoms with Crippen molar-refractivity contribution in [1.29, 1.82) is 0 Å². The molecule has 0 spiro atoms. The largest absolute Gasteiger partial charge is 0.308 e. The van der Waals surface area contributed by atoms with Crippen molar-refractivity contribution in [2.75, 3.05) is 5.43 Å². The maximum atomic E-state index is 13.4. The molecule has 0 fully saturated rings. The van der Waals surface area contributed by atoms with Gasteiger partial charge in [-0.3, -0.25) is 0 Å². The lowest BCUT2D eigenvalue weighted by atomic mass is 10.2. The molecule has 9 heteroatoms. The first-order valence-electron chi connectivity index (χ1n) is 5.78. The molecular formula is C12H12F2N4O2S. The molecule has 21 heavy (non-hydrogen) atoms. The van der Waals surface area contributed by atoms with E-state index in [2.05, 4.69) is 15.1 Å². The van der Waals surface area contributed by atoms with Crippen molar-refractivity contribution < 1.29 is 17.2 Å². The van der Waals surface area contributed by atoms with Gasteiger partial charge in [0.1, 0.15) is 17.5 Å². The Morgan fingerprint density at radius 2 is 1.95 bits per heavy atom. The molecule has 0 aliphatic carbocycles. The SMILES string of the molecule is NNc1cc(S(=O)(=O)NCc2cc(F)ccc2F)ccn1. The first kappa shape index (κ1) is 15.3. The number of nitrogens with two attached hydrogens (primary N) is 1. The van der Waals surface area contributed by atoms with Crippen molar-refractivity contribution >= 4 is 15.8 Å². The number of anilines is 1. The van der Waals surface area contributed by atoms with Gasteiger partial charge in [0.25, 0.3) is 0 Å². The molecule has 0 saturated heterocycles. The van der Waals surface area contributed by atoms with Gasteiger partial charge >= 0.3 is 0 Å². The van der Waals surface area contributed by atoms with Crippen molar-refractivity contribution in [3.63, 3.8) is 0 Å². The molecule has 0 radical (unpaired) electrons. The lowest BCUT2D eigenvalue weighted by molar-refractivity contribution is 0.567. The van der Waals surface area contributed by atoms with Gasteiger partial charge < -0.3 is 5.43 Å². The summed E-state index contributed by atoms with van der Waals surface area (Å²) in [5, 5.41) is 0. The molecule has 6 nitrogen and oxygen atoms in total. The fourth-order valence-corrected chi connectivity index (χ4v) is 2.61. The number of hydrogen-bond donors (Lipinski definition) is 3. The molecule has 0 bridgehead atoms. The normalized spacial score (nSPS) is 11.4. The third-order valence-electron chi connectivity index (χ3n) is 2.65. The van der Waals surface area contributed by atoms with Crippen molar-refractivity contribution in [2.24, 2.45) is 5.84 Å². The van der Waals surface area contributed by atoms with E-state index in [0.29, 0.717) is 0 Å². The lowest BCUT2D eigenvalue weighted by Gasteiger charge is -2.08. The predicted molar refractivity (Wildman–Crippen MR) is 72.4 cm³/mol. The van der Waals surface area contributed by atoms with Crippen molar-refractivity contribution in [3.8, 4) is 0 Å². The highest BCUT2D eigenvalue weighted by atomic mass is 32.2. The molecule has 1 aromatic carbocycles. The molecule has 0 amide bonds. The number of aromatic nitrogens is 1. The third-order valence-corrected chi connectivity index (χ3v) is 4.05. The molecule has 4 N–H and O–H groups in total. The Balaban J connectivity index is 2.19. The number of sulfonamides is 1. The number of hydrogen-bond acceptors (Lipinski definition) is 5. The van der Waals surface area contributed by atoms with Crippen LogP contribution in [0, 0.1) is 11.6 Å². The fourth-order valence-electron chi connectivity index (χ4n) is 1.59. The standard InChI is InChI=1S/C12H12F2N4O2S/c13-9-1-2-11(14)8(5-9)7-17-21(19,20)10-3-4-16-12(6-10)18-15/h1-6,17H,7,15H2,(H,16,18). The molecule has 0 saturated carbocycles. The molecule has 1 heterocycles. The Labute approximate surface area is 120 Å². The Hall–Kier alpha value is -2.10. The molecule has 0 atom stereocenters. The van der Waals surface area contributed by atoms with Crippen LogP contribution < -0.4 is 16.0 Å². The summed E-state index contributed by atoms with van der Waals surface area (Å²) in [4.78, 5) is 3.68. The van der Waals surface area contributed by atoms with Crippen LogP contribution in [0.25, 0.3) is 0 Å². The number of rotatable bonds is 5. The van der Waals surface area contributed by atoms with E-state index in [1.165, 1.54) is 18.3 Å². The van der Waals surface area contributed by atoms with Gasteiger partial charge in [0.2, 0.25) is 10.0 Å². The predicted octanol–water partition coefficient (Wildman–Crippen LogP) is 1.12. The topological polar surface area (TPSA) is 97.1 Å². The van der Waals surface area contributed by atoms with Crippen LogP contribution in [0.1, 0.15) is 5.56 Å². The van der Waals surface area contributed by atoms with Gasteiger partial charge in [-0.2, -0.15) is 0 Å². The summed E-state index contributed by atoms with van der Waals surface area (Å²) in [6.45, 7) is -0.375. The van der Waals surface area contributed by atoms with Crippen LogP contribution in [0.5, 0.6) is 0 Å². The minimum absolute atomic E-state index is 0.0928. The van der Waals surface area contributed by atoms with Crippen molar-refractivity contribution in [2.45, 2.75) is 11.4 Å². The summed E-state index contributed by atoms with van der Waals surface area (Å²) in [5.41, 5.74) is 2.12. The lowest BCUT2D eigenvalue weighted by Crippen LogP contribution is -2.24. The fraction of sp³-hybridized carbons (Fsp3) is 0.0833. The zero-order valence-corrected chi connectivity index (χ0v) is 11.5. The van der Waals surface area contributed by atoms with E-state index in [1.807, 2.05) is 0 Å². The van der Waals surface area contributed by atoms with E-state index in [0.717, 1.165) is 18.2 Å². The van der Waals surface area contributed by atoms with Crippen LogP contribution in [0.4, 0.5) is 14.6 Å². The molecule has 0 unspecified atom stereocenters. The van der Waals surface area contributed by atoms with Gasteiger partial charge in [-0.15, -0.1) is 0 Å². The average molecular weight is 314 g/mol. The second-order valence-corrected chi connectivity index (χ2v) is 5.85. The van der Waals surface area contributed by atoms with Crippen LogP contribution >= 0.6 is 0 Å². The van der Waals surface area contributed by atoms with Gasteiger partial charge in [0.05, 0.1) is 4.90 Å². The Kier molecular flexibility index (Phi) is 4.46. The summed E-state index contributed by atoms with van der Waals surface area (Å²) in [6, 6.07) is 5.28. The zero-order valence-electron chi connectivity index (χ0n) is 10.7. The van der Waals surface area contributed by atoms with Crippen molar-refractivity contribution in [3.05, 3.63) is 53.7 Å². The molecule has 2 aromatic rings. The first-order valence-corrected chi connectivity index (χ1v) is 7.27. The van der Waals surface area contributed by atoms with Crippen LogP contribution in [0.15, 0.2) is 41.4 Å². The van der Waals surface area contributed by atoms with E-state index in [1.54, 1.807) is 0 Å². The van der Waals surface area contributed by atoms with Crippen LogP contribution in [0.3, 0.4) is 0 Å². The van der Waals surface area contributed by atoms with Gasteiger partial charge in [-0.05, 0) is 24.3 Å². The molecular weight excluding hydrogens is 302 g/mol. The van der Waals surface area contributed by atoms with Crippen LogP contribution in [0.2, 0.25) is 0 Å². The van der Waals surface area contributed by atoms with E-state index in [9.17, 15) is 17.2 Å². The highest BCUT2D eigenvalue weighted by Crippen LogP contribution is 2.14. The Morgan fingerprint density at radius 3 is 2.67 bits per heavy atom. The summed E-state index contributed by atoms with van der Waals surface area (Å²) < 4.78 is 52.7. The smallest absolute Gasteiger partial charge is 0.241 e. The van der Waals surface area contributed by atoms with E-state index in [4.69, 9.17) is 5.84 Å². The highest BCUT2D eigenvalue weighted by Gasteiger charge is 2.15. The van der Waals surface area contributed by atoms with Gasteiger partial charge in [0.15, 0.2) is 0 Å². The minimum atomic E-state index is -3.90. The second kappa shape index (κ2) is 6.12. The molecule has 112 valence electrons. The van der Waals surface area contributed by atoms with E-state index < -0.39 is 21.7 Å². The number of pyridine rings is 1. The molecule has 0 aliphatic rings. The molecule has 0 aliphatic heterocycles.